The molecule has 0 saturated carbocycles. The van der Waals surface area contributed by atoms with Crippen LogP contribution >= 0.6 is 0 Å². The van der Waals surface area contributed by atoms with Gasteiger partial charge in [0.1, 0.15) is 5.75 Å². The molecule has 2 heteroatoms. The molecule has 0 atom stereocenters. The van der Waals surface area contributed by atoms with Crippen molar-refractivity contribution < 1.29 is 4.74 Å². The van der Waals surface area contributed by atoms with Crippen molar-refractivity contribution in [3.63, 3.8) is 0 Å². The van der Waals surface area contributed by atoms with Crippen LogP contribution in [0.15, 0.2) is 24.3 Å². The van der Waals surface area contributed by atoms with Crippen LogP contribution in [0.2, 0.25) is 0 Å². The predicted molar refractivity (Wildman–Crippen MR) is 65.8 cm³/mol. The Morgan fingerprint density at radius 3 is 2.13 bits per heavy atom. The largest absolute Gasteiger partial charge is 0.494 e. The van der Waals surface area contributed by atoms with E-state index in [9.17, 15) is 0 Å². The highest BCUT2D eigenvalue weighted by Crippen LogP contribution is 2.20. The van der Waals surface area contributed by atoms with E-state index in [4.69, 9.17) is 4.74 Å². The molecule has 0 radical (unpaired) electrons. The minimum absolute atomic E-state index is 0.535. The van der Waals surface area contributed by atoms with Crippen LogP contribution in [-0.4, -0.2) is 19.2 Å². The molecule has 0 fully saturated rings. The van der Waals surface area contributed by atoms with Crippen LogP contribution in [0.3, 0.4) is 0 Å². The Morgan fingerprint density at radius 2 is 1.73 bits per heavy atom. The van der Waals surface area contributed by atoms with Crippen molar-refractivity contribution in [1.29, 1.82) is 0 Å². The first-order chi connectivity index (χ1) is 7.19. The van der Waals surface area contributed by atoms with E-state index in [1.165, 1.54) is 5.69 Å². The molecule has 15 heavy (non-hydrogen) atoms. The van der Waals surface area contributed by atoms with Crippen molar-refractivity contribution in [2.75, 3.05) is 18.1 Å². The second-order valence-corrected chi connectivity index (χ2v) is 3.81. The molecule has 0 amide bonds. The quantitative estimate of drug-likeness (QED) is 0.734. The molecule has 84 valence electrons. The van der Waals surface area contributed by atoms with Gasteiger partial charge in [0.15, 0.2) is 0 Å². The van der Waals surface area contributed by atoms with E-state index in [-0.39, 0.29) is 0 Å². The fourth-order valence-electron chi connectivity index (χ4n) is 1.75. The standard InChI is InChI=1S/C13H21NO/c1-5-14(11(3)4)12-7-9-13(10-8-12)15-6-2/h7-11H,5-6H2,1-4H3. The van der Waals surface area contributed by atoms with Crippen LogP contribution in [-0.2, 0) is 0 Å². The molecule has 0 aliphatic heterocycles. The van der Waals surface area contributed by atoms with Crippen molar-refractivity contribution in [1.82, 2.24) is 0 Å². The van der Waals surface area contributed by atoms with Gasteiger partial charge in [0.25, 0.3) is 0 Å². The Balaban J connectivity index is 2.77. The monoisotopic (exact) mass is 207 g/mol. The molecular formula is C13H21NO. The molecule has 2 nitrogen and oxygen atoms in total. The highest BCUT2D eigenvalue weighted by Gasteiger charge is 2.07. The fourth-order valence-corrected chi connectivity index (χ4v) is 1.75. The third-order valence-corrected chi connectivity index (χ3v) is 2.44. The molecule has 0 N–H and O–H groups in total. The third kappa shape index (κ3) is 3.15. The highest BCUT2D eigenvalue weighted by atomic mass is 16.5. The maximum absolute atomic E-state index is 5.42. The van der Waals surface area contributed by atoms with E-state index < -0.39 is 0 Å². The summed E-state index contributed by atoms with van der Waals surface area (Å²) in [6.07, 6.45) is 0. The van der Waals surface area contributed by atoms with Crippen molar-refractivity contribution in [3.8, 4) is 5.75 Å². The summed E-state index contributed by atoms with van der Waals surface area (Å²) in [5.74, 6) is 0.945. The smallest absolute Gasteiger partial charge is 0.119 e. The Bertz CT molecular complexity index is 279. The zero-order valence-corrected chi connectivity index (χ0v) is 10.2. The van der Waals surface area contributed by atoms with Crippen LogP contribution in [0.25, 0.3) is 0 Å². The molecule has 0 aromatic heterocycles. The predicted octanol–water partition coefficient (Wildman–Crippen LogP) is 3.32. The number of ether oxygens (including phenoxy) is 1. The van der Waals surface area contributed by atoms with Gasteiger partial charge in [0.2, 0.25) is 0 Å². The summed E-state index contributed by atoms with van der Waals surface area (Å²) in [6, 6.07) is 8.84. The van der Waals surface area contributed by atoms with E-state index >= 15 is 0 Å². The zero-order chi connectivity index (χ0) is 11.3. The lowest BCUT2D eigenvalue weighted by molar-refractivity contribution is 0.340. The minimum atomic E-state index is 0.535. The first-order valence-corrected chi connectivity index (χ1v) is 5.68. The molecule has 0 saturated heterocycles. The second kappa shape index (κ2) is 5.64. The van der Waals surface area contributed by atoms with Crippen LogP contribution in [0.4, 0.5) is 5.69 Å². The summed E-state index contributed by atoms with van der Waals surface area (Å²) in [5.41, 5.74) is 1.26. The lowest BCUT2D eigenvalue weighted by Crippen LogP contribution is -2.30. The number of rotatable bonds is 5. The first kappa shape index (κ1) is 11.9. The minimum Gasteiger partial charge on any atom is -0.494 e. The summed E-state index contributed by atoms with van der Waals surface area (Å²) in [7, 11) is 0. The van der Waals surface area contributed by atoms with Gasteiger partial charge in [-0.15, -0.1) is 0 Å². The number of hydrogen-bond acceptors (Lipinski definition) is 2. The lowest BCUT2D eigenvalue weighted by atomic mass is 10.2. The van der Waals surface area contributed by atoms with E-state index in [0.29, 0.717) is 6.04 Å². The number of benzene rings is 1. The van der Waals surface area contributed by atoms with Gasteiger partial charge in [0, 0.05) is 18.3 Å². The van der Waals surface area contributed by atoms with Gasteiger partial charge in [0.05, 0.1) is 6.61 Å². The van der Waals surface area contributed by atoms with Crippen molar-refractivity contribution in [3.05, 3.63) is 24.3 Å². The molecule has 0 aliphatic rings. The first-order valence-electron chi connectivity index (χ1n) is 5.68. The zero-order valence-electron chi connectivity index (χ0n) is 10.2. The van der Waals surface area contributed by atoms with Crippen LogP contribution in [0, 0.1) is 0 Å². The summed E-state index contributed by atoms with van der Waals surface area (Å²) in [5, 5.41) is 0. The molecule has 0 heterocycles. The Hall–Kier alpha value is -1.18. The summed E-state index contributed by atoms with van der Waals surface area (Å²) in [4.78, 5) is 2.36. The van der Waals surface area contributed by atoms with Gasteiger partial charge in [-0.3, -0.25) is 0 Å². The van der Waals surface area contributed by atoms with Crippen LogP contribution in [0.5, 0.6) is 5.75 Å². The van der Waals surface area contributed by atoms with Gasteiger partial charge in [-0.25, -0.2) is 0 Å². The van der Waals surface area contributed by atoms with E-state index in [1.54, 1.807) is 0 Å². The average molecular weight is 207 g/mol. The molecule has 0 spiro atoms. The van der Waals surface area contributed by atoms with Crippen molar-refractivity contribution in [2.45, 2.75) is 33.7 Å². The normalized spacial score (nSPS) is 10.5. The topological polar surface area (TPSA) is 12.5 Å². The maximum atomic E-state index is 5.42. The SMILES string of the molecule is CCOc1ccc(N(CC)C(C)C)cc1. The summed E-state index contributed by atoms with van der Waals surface area (Å²) in [6.45, 7) is 10.4. The molecule has 0 unspecified atom stereocenters. The van der Waals surface area contributed by atoms with E-state index in [0.717, 1.165) is 18.9 Å². The van der Waals surface area contributed by atoms with Gasteiger partial charge in [-0.05, 0) is 52.0 Å². The molecular weight excluding hydrogens is 186 g/mol. The van der Waals surface area contributed by atoms with Crippen molar-refractivity contribution in [2.24, 2.45) is 0 Å². The molecule has 0 bridgehead atoms. The number of anilines is 1. The van der Waals surface area contributed by atoms with E-state index in [1.807, 2.05) is 19.1 Å². The molecule has 1 rings (SSSR count). The Morgan fingerprint density at radius 1 is 1.13 bits per heavy atom. The number of hydrogen-bond donors (Lipinski definition) is 0. The van der Waals surface area contributed by atoms with Gasteiger partial charge < -0.3 is 9.64 Å². The van der Waals surface area contributed by atoms with E-state index in [2.05, 4.69) is 37.8 Å². The molecule has 1 aromatic carbocycles. The lowest BCUT2D eigenvalue weighted by Gasteiger charge is -2.27. The third-order valence-electron chi connectivity index (χ3n) is 2.44. The van der Waals surface area contributed by atoms with Crippen LogP contribution in [0.1, 0.15) is 27.7 Å². The van der Waals surface area contributed by atoms with Crippen molar-refractivity contribution >= 4 is 5.69 Å². The average Bonchev–Trinajstić information content (AvgIpc) is 2.21. The second-order valence-electron chi connectivity index (χ2n) is 3.81. The van der Waals surface area contributed by atoms with Gasteiger partial charge in [-0.2, -0.15) is 0 Å². The van der Waals surface area contributed by atoms with Gasteiger partial charge in [-0.1, -0.05) is 0 Å². The summed E-state index contributed by atoms with van der Waals surface area (Å²) >= 11 is 0. The van der Waals surface area contributed by atoms with Crippen LogP contribution < -0.4 is 9.64 Å². The van der Waals surface area contributed by atoms with Gasteiger partial charge >= 0.3 is 0 Å². The maximum Gasteiger partial charge on any atom is 0.119 e. The Labute approximate surface area is 92.9 Å². The summed E-state index contributed by atoms with van der Waals surface area (Å²) < 4.78 is 5.42. The molecule has 1 aromatic rings. The Kier molecular flexibility index (Phi) is 4.47. The highest BCUT2D eigenvalue weighted by molar-refractivity contribution is 5.49. The fraction of sp³-hybridized carbons (Fsp3) is 0.538. The number of nitrogens with zero attached hydrogens (tertiary/aromatic N) is 1. The molecule has 0 aliphatic carbocycles.